The fraction of sp³-hybridized carbons (Fsp3) is 0.300. The molecule has 5 nitrogen and oxygen atoms in total. The summed E-state index contributed by atoms with van der Waals surface area (Å²) in [5, 5.41) is 0. The van der Waals surface area contributed by atoms with E-state index >= 15 is 0 Å². The van der Waals surface area contributed by atoms with Gasteiger partial charge in [0.2, 0.25) is 0 Å². The summed E-state index contributed by atoms with van der Waals surface area (Å²) in [7, 11) is 0. The lowest BCUT2D eigenvalue weighted by Crippen LogP contribution is -2.47. The van der Waals surface area contributed by atoms with Crippen molar-refractivity contribution in [3.8, 4) is 5.75 Å². The van der Waals surface area contributed by atoms with Crippen molar-refractivity contribution in [2.24, 2.45) is 0 Å². The van der Waals surface area contributed by atoms with E-state index in [1.54, 1.807) is 18.2 Å². The van der Waals surface area contributed by atoms with Crippen molar-refractivity contribution in [3.05, 3.63) is 65.5 Å². The van der Waals surface area contributed by atoms with Crippen LogP contribution in [-0.4, -0.2) is 17.9 Å². The first-order valence-corrected chi connectivity index (χ1v) is 8.61. The number of halogens is 1. The van der Waals surface area contributed by atoms with Gasteiger partial charge >= 0.3 is 0 Å². The Morgan fingerprint density at radius 3 is 2.42 bits per heavy atom. The number of hydrogen-bond acceptors (Lipinski definition) is 3. The molecule has 0 saturated carbocycles. The molecule has 2 amide bonds. The van der Waals surface area contributed by atoms with E-state index < -0.39 is 23.7 Å². The van der Waals surface area contributed by atoms with Crippen molar-refractivity contribution >= 4 is 11.8 Å². The van der Waals surface area contributed by atoms with Crippen LogP contribution in [0, 0.1) is 5.82 Å². The largest absolute Gasteiger partial charge is 0.478 e. The third-order valence-electron chi connectivity index (χ3n) is 3.84. The molecule has 0 bridgehead atoms. The van der Waals surface area contributed by atoms with E-state index in [9.17, 15) is 14.0 Å². The highest BCUT2D eigenvalue weighted by molar-refractivity contribution is 5.95. The van der Waals surface area contributed by atoms with Crippen molar-refractivity contribution in [1.82, 2.24) is 10.9 Å². The zero-order valence-corrected chi connectivity index (χ0v) is 14.9. The van der Waals surface area contributed by atoms with Crippen LogP contribution in [0.15, 0.2) is 48.5 Å². The van der Waals surface area contributed by atoms with Crippen molar-refractivity contribution < 1.29 is 18.7 Å². The Labute approximate surface area is 152 Å². The molecule has 138 valence electrons. The highest BCUT2D eigenvalue weighted by atomic mass is 19.1. The predicted octanol–water partition coefficient (Wildman–Crippen LogP) is 3.40. The SMILES string of the molecule is CCCCc1ccc(C(=O)NNC(=O)[C@@H](C)Oc2ccccc2F)cc1. The molecule has 6 heteroatoms. The van der Waals surface area contributed by atoms with E-state index in [-0.39, 0.29) is 5.75 Å². The van der Waals surface area contributed by atoms with Crippen LogP contribution in [-0.2, 0) is 11.2 Å². The van der Waals surface area contributed by atoms with Crippen LogP contribution < -0.4 is 15.6 Å². The van der Waals surface area contributed by atoms with Gasteiger partial charge in [-0.15, -0.1) is 0 Å². The quantitative estimate of drug-likeness (QED) is 0.746. The van der Waals surface area contributed by atoms with Gasteiger partial charge in [-0.25, -0.2) is 4.39 Å². The first-order valence-electron chi connectivity index (χ1n) is 8.61. The van der Waals surface area contributed by atoms with Gasteiger partial charge in [0, 0.05) is 5.56 Å². The molecule has 26 heavy (non-hydrogen) atoms. The Bertz CT molecular complexity index is 747. The summed E-state index contributed by atoms with van der Waals surface area (Å²) < 4.78 is 18.8. The second kappa shape index (κ2) is 9.56. The number of aryl methyl sites for hydroxylation is 1. The maximum Gasteiger partial charge on any atom is 0.279 e. The van der Waals surface area contributed by atoms with Crippen molar-refractivity contribution in [2.75, 3.05) is 0 Å². The number of unbranched alkanes of at least 4 members (excludes halogenated alkanes) is 1. The minimum atomic E-state index is -0.969. The van der Waals surface area contributed by atoms with Gasteiger partial charge in [-0.05, 0) is 49.6 Å². The third-order valence-corrected chi connectivity index (χ3v) is 3.84. The number of para-hydroxylation sites is 1. The Balaban J connectivity index is 1.84. The van der Waals surface area contributed by atoms with Gasteiger partial charge in [-0.1, -0.05) is 37.6 Å². The number of hydrogen-bond donors (Lipinski definition) is 2. The standard InChI is InChI=1S/C20H23FN2O3/c1-3-4-7-15-10-12-16(13-11-15)20(25)23-22-19(24)14(2)26-18-9-6-5-8-17(18)21/h5-6,8-14H,3-4,7H2,1-2H3,(H,22,24)(H,23,25)/t14-/m1/s1. The summed E-state index contributed by atoms with van der Waals surface area (Å²) in [5.74, 6) is -1.59. The average molecular weight is 358 g/mol. The monoisotopic (exact) mass is 358 g/mol. The second-order valence-electron chi connectivity index (χ2n) is 5.93. The number of rotatable bonds is 7. The minimum Gasteiger partial charge on any atom is -0.478 e. The molecule has 2 rings (SSSR count). The van der Waals surface area contributed by atoms with E-state index in [4.69, 9.17) is 4.74 Å². The normalized spacial score (nSPS) is 11.5. The molecule has 0 unspecified atom stereocenters. The van der Waals surface area contributed by atoms with Crippen LogP contribution in [0.25, 0.3) is 0 Å². The molecule has 0 radical (unpaired) electrons. The lowest BCUT2D eigenvalue weighted by Gasteiger charge is -2.15. The molecule has 2 aromatic rings. The number of nitrogens with one attached hydrogen (secondary N) is 2. The number of amides is 2. The Morgan fingerprint density at radius 2 is 1.77 bits per heavy atom. The third kappa shape index (κ3) is 5.58. The molecule has 0 saturated heterocycles. The highest BCUT2D eigenvalue weighted by Crippen LogP contribution is 2.16. The second-order valence-corrected chi connectivity index (χ2v) is 5.93. The zero-order chi connectivity index (χ0) is 18.9. The summed E-state index contributed by atoms with van der Waals surface area (Å²) in [5.41, 5.74) is 6.22. The molecule has 2 N–H and O–H groups in total. The fourth-order valence-electron chi connectivity index (χ4n) is 2.28. The first kappa shape index (κ1) is 19.4. The smallest absolute Gasteiger partial charge is 0.279 e. The molecular formula is C20H23FN2O3. The van der Waals surface area contributed by atoms with E-state index in [0.29, 0.717) is 5.56 Å². The number of hydrazine groups is 1. The fourth-order valence-corrected chi connectivity index (χ4v) is 2.28. The zero-order valence-electron chi connectivity index (χ0n) is 14.9. The van der Waals surface area contributed by atoms with Crippen LogP contribution in [0.3, 0.4) is 0 Å². The molecule has 0 fully saturated rings. The van der Waals surface area contributed by atoms with Gasteiger partial charge in [-0.2, -0.15) is 0 Å². The van der Waals surface area contributed by atoms with Gasteiger partial charge in [0.15, 0.2) is 17.7 Å². The van der Waals surface area contributed by atoms with E-state index in [0.717, 1.165) is 19.3 Å². The summed E-state index contributed by atoms with van der Waals surface area (Å²) in [6.07, 6.45) is 2.21. The summed E-state index contributed by atoms with van der Waals surface area (Å²) in [6, 6.07) is 13.0. The highest BCUT2D eigenvalue weighted by Gasteiger charge is 2.17. The maximum absolute atomic E-state index is 13.5. The first-order chi connectivity index (χ1) is 12.5. The van der Waals surface area contributed by atoms with Gasteiger partial charge in [0.25, 0.3) is 11.8 Å². The van der Waals surface area contributed by atoms with Gasteiger partial charge in [0.1, 0.15) is 0 Å². The van der Waals surface area contributed by atoms with Crippen LogP contribution in [0.1, 0.15) is 42.6 Å². The Morgan fingerprint density at radius 1 is 1.08 bits per heavy atom. The molecule has 1 atom stereocenters. The van der Waals surface area contributed by atoms with E-state index in [1.807, 2.05) is 12.1 Å². The molecule has 0 aliphatic carbocycles. The van der Waals surface area contributed by atoms with Crippen LogP contribution in [0.5, 0.6) is 5.75 Å². The number of benzene rings is 2. The molecule has 0 spiro atoms. The lowest BCUT2D eigenvalue weighted by atomic mass is 10.1. The van der Waals surface area contributed by atoms with E-state index in [2.05, 4.69) is 17.8 Å². The molecular weight excluding hydrogens is 335 g/mol. The van der Waals surface area contributed by atoms with Gasteiger partial charge < -0.3 is 4.74 Å². The number of ether oxygens (including phenoxy) is 1. The maximum atomic E-state index is 13.5. The van der Waals surface area contributed by atoms with E-state index in [1.165, 1.54) is 30.7 Å². The van der Waals surface area contributed by atoms with Crippen LogP contribution in [0.4, 0.5) is 4.39 Å². The minimum absolute atomic E-state index is 0.0239. The molecule has 0 aromatic heterocycles. The molecule has 0 aliphatic heterocycles. The molecule has 2 aromatic carbocycles. The van der Waals surface area contributed by atoms with Crippen molar-refractivity contribution in [1.29, 1.82) is 0 Å². The summed E-state index contributed by atoms with van der Waals surface area (Å²) in [4.78, 5) is 24.1. The number of carbonyl (C=O) groups excluding carboxylic acids is 2. The summed E-state index contributed by atoms with van der Waals surface area (Å²) >= 11 is 0. The molecule has 0 heterocycles. The Kier molecular flexibility index (Phi) is 7.14. The Hall–Kier alpha value is -2.89. The molecule has 0 aliphatic rings. The summed E-state index contributed by atoms with van der Waals surface area (Å²) in [6.45, 7) is 3.60. The van der Waals surface area contributed by atoms with Crippen molar-refractivity contribution in [3.63, 3.8) is 0 Å². The predicted molar refractivity (Wildman–Crippen MR) is 97.2 cm³/mol. The van der Waals surface area contributed by atoms with Gasteiger partial charge in [-0.3, -0.25) is 20.4 Å². The van der Waals surface area contributed by atoms with Crippen LogP contribution >= 0.6 is 0 Å². The average Bonchev–Trinajstić information content (AvgIpc) is 2.66. The topological polar surface area (TPSA) is 67.4 Å². The number of carbonyl (C=O) groups is 2. The lowest BCUT2D eigenvalue weighted by molar-refractivity contribution is -0.128. The van der Waals surface area contributed by atoms with Crippen molar-refractivity contribution in [2.45, 2.75) is 39.2 Å². The van der Waals surface area contributed by atoms with Crippen LogP contribution in [0.2, 0.25) is 0 Å². The van der Waals surface area contributed by atoms with Gasteiger partial charge in [0.05, 0.1) is 0 Å².